The maximum atomic E-state index is 12.7. The molecule has 0 saturated carbocycles. The minimum atomic E-state index is -0.231. The monoisotopic (exact) mass is 460 g/mol. The summed E-state index contributed by atoms with van der Waals surface area (Å²) in [5.41, 5.74) is 1.93. The Labute approximate surface area is 190 Å². The molecule has 4 nitrogen and oxygen atoms in total. The summed E-state index contributed by atoms with van der Waals surface area (Å²) in [7, 11) is 0. The predicted molar refractivity (Wildman–Crippen MR) is 127 cm³/mol. The molecule has 0 saturated heterocycles. The average Bonchev–Trinajstić information content (AvgIpc) is 3.18. The van der Waals surface area contributed by atoms with E-state index in [1.807, 2.05) is 11.4 Å². The minimum Gasteiger partial charge on any atom is -0.493 e. The third kappa shape index (κ3) is 6.33. The molecule has 0 radical (unpaired) electrons. The smallest absolute Gasteiger partial charge is 0.258 e. The molecule has 2 aromatic carbocycles. The number of hydrogen-bond donors (Lipinski definition) is 1. The van der Waals surface area contributed by atoms with Gasteiger partial charge in [0.1, 0.15) is 10.8 Å². The number of rotatable bonds is 8. The number of carbonyl (C=O) groups is 1. The van der Waals surface area contributed by atoms with Gasteiger partial charge in [0.15, 0.2) is 0 Å². The highest BCUT2D eigenvalue weighted by molar-refractivity contribution is 7.14. The largest absolute Gasteiger partial charge is 0.493 e. The summed E-state index contributed by atoms with van der Waals surface area (Å²) >= 11 is 13.4. The van der Waals surface area contributed by atoms with Gasteiger partial charge in [-0.1, -0.05) is 37.0 Å². The SMILES string of the molecule is CC(C)CCOc1ccc(Cl)cc1C=Nc1sccc1C(=O)Nc1ccc(Cl)cc1. The summed E-state index contributed by atoms with van der Waals surface area (Å²) in [5.74, 6) is 1.04. The molecule has 156 valence electrons. The number of halogens is 2. The van der Waals surface area contributed by atoms with Crippen LogP contribution in [0.2, 0.25) is 10.0 Å². The summed E-state index contributed by atoms with van der Waals surface area (Å²) in [6.07, 6.45) is 2.64. The Morgan fingerprint density at radius 3 is 2.60 bits per heavy atom. The van der Waals surface area contributed by atoms with E-state index in [2.05, 4.69) is 24.2 Å². The van der Waals surface area contributed by atoms with Crippen LogP contribution in [0.15, 0.2) is 58.9 Å². The van der Waals surface area contributed by atoms with Crippen molar-refractivity contribution in [3.63, 3.8) is 0 Å². The van der Waals surface area contributed by atoms with Crippen LogP contribution in [0.4, 0.5) is 10.7 Å². The number of nitrogens with zero attached hydrogens (tertiary/aromatic N) is 1. The topological polar surface area (TPSA) is 50.7 Å². The molecule has 7 heteroatoms. The number of anilines is 1. The molecule has 1 N–H and O–H groups in total. The predicted octanol–water partition coefficient (Wildman–Crippen LogP) is 7.48. The summed E-state index contributed by atoms with van der Waals surface area (Å²) in [5, 5.41) is 6.51. The first-order valence-electron chi connectivity index (χ1n) is 9.53. The van der Waals surface area contributed by atoms with Crippen molar-refractivity contribution in [1.29, 1.82) is 0 Å². The lowest BCUT2D eigenvalue weighted by molar-refractivity contribution is 0.102. The summed E-state index contributed by atoms with van der Waals surface area (Å²) in [6, 6.07) is 14.1. The van der Waals surface area contributed by atoms with E-state index >= 15 is 0 Å². The lowest BCUT2D eigenvalue weighted by Gasteiger charge is -2.10. The molecule has 0 aliphatic heterocycles. The zero-order valence-corrected chi connectivity index (χ0v) is 19.0. The van der Waals surface area contributed by atoms with Crippen molar-refractivity contribution in [1.82, 2.24) is 0 Å². The van der Waals surface area contributed by atoms with Crippen LogP contribution in [0, 0.1) is 5.92 Å². The van der Waals surface area contributed by atoms with Crippen LogP contribution in [-0.4, -0.2) is 18.7 Å². The fourth-order valence-electron chi connectivity index (χ4n) is 2.59. The molecule has 1 aromatic heterocycles. The summed E-state index contributed by atoms with van der Waals surface area (Å²) in [4.78, 5) is 17.2. The quantitative estimate of drug-likeness (QED) is 0.354. The van der Waals surface area contributed by atoms with Gasteiger partial charge in [0.2, 0.25) is 0 Å². The van der Waals surface area contributed by atoms with Gasteiger partial charge in [0.05, 0.1) is 12.2 Å². The average molecular weight is 461 g/mol. The van der Waals surface area contributed by atoms with Gasteiger partial charge in [-0.3, -0.25) is 4.79 Å². The van der Waals surface area contributed by atoms with Crippen molar-refractivity contribution >= 4 is 57.3 Å². The Balaban J connectivity index is 1.76. The van der Waals surface area contributed by atoms with Crippen molar-refractivity contribution in [2.24, 2.45) is 10.9 Å². The molecule has 0 bridgehead atoms. The molecule has 0 unspecified atom stereocenters. The number of aliphatic imine (C=N–C) groups is 1. The highest BCUT2D eigenvalue weighted by atomic mass is 35.5. The molecule has 30 heavy (non-hydrogen) atoms. The number of amides is 1. The first-order chi connectivity index (χ1) is 14.4. The minimum absolute atomic E-state index is 0.231. The van der Waals surface area contributed by atoms with Gasteiger partial charge in [0.25, 0.3) is 5.91 Å². The molecular formula is C23H22Cl2N2O2S. The normalized spacial score (nSPS) is 11.2. The van der Waals surface area contributed by atoms with Crippen molar-refractivity contribution < 1.29 is 9.53 Å². The van der Waals surface area contributed by atoms with Crippen LogP contribution in [0.25, 0.3) is 0 Å². The molecule has 3 aromatic rings. The lowest BCUT2D eigenvalue weighted by Crippen LogP contribution is -2.10. The highest BCUT2D eigenvalue weighted by Gasteiger charge is 2.13. The van der Waals surface area contributed by atoms with Crippen LogP contribution in [0.1, 0.15) is 36.2 Å². The standard InChI is InChI=1S/C23H22Cl2N2O2S/c1-15(2)9-11-29-21-8-5-18(25)13-16(21)14-26-23-20(10-12-30-23)22(28)27-19-6-3-17(24)4-7-19/h3-8,10,12-15H,9,11H2,1-2H3,(H,27,28). The fraction of sp³-hybridized carbons (Fsp3) is 0.217. The van der Waals surface area contributed by atoms with Crippen LogP contribution in [0.3, 0.4) is 0 Å². The second-order valence-corrected chi connectivity index (χ2v) is 8.84. The molecule has 0 fully saturated rings. The number of benzene rings is 2. The maximum absolute atomic E-state index is 12.7. The van der Waals surface area contributed by atoms with Gasteiger partial charge in [-0.15, -0.1) is 11.3 Å². The summed E-state index contributed by atoms with van der Waals surface area (Å²) < 4.78 is 5.90. The Hall–Kier alpha value is -2.34. The number of nitrogens with one attached hydrogen (secondary N) is 1. The molecule has 1 amide bonds. The Morgan fingerprint density at radius 2 is 1.87 bits per heavy atom. The van der Waals surface area contributed by atoms with Gasteiger partial charge in [0, 0.05) is 27.5 Å². The van der Waals surface area contributed by atoms with Gasteiger partial charge in [-0.2, -0.15) is 0 Å². The second kappa shape index (κ2) is 10.6. The van der Waals surface area contributed by atoms with Gasteiger partial charge < -0.3 is 10.1 Å². The number of thiophene rings is 1. The Bertz CT molecular complexity index is 1030. The van der Waals surface area contributed by atoms with Crippen LogP contribution in [0.5, 0.6) is 5.75 Å². The maximum Gasteiger partial charge on any atom is 0.258 e. The van der Waals surface area contributed by atoms with Crippen LogP contribution in [-0.2, 0) is 0 Å². The number of carbonyl (C=O) groups excluding carboxylic acids is 1. The third-order valence-corrected chi connectivity index (χ3v) is 5.54. The van der Waals surface area contributed by atoms with Crippen molar-refractivity contribution in [2.45, 2.75) is 20.3 Å². The Morgan fingerprint density at radius 1 is 1.13 bits per heavy atom. The summed E-state index contributed by atoms with van der Waals surface area (Å²) in [6.45, 7) is 4.93. The number of ether oxygens (including phenoxy) is 1. The van der Waals surface area contributed by atoms with E-state index in [9.17, 15) is 4.79 Å². The molecule has 0 spiro atoms. The van der Waals surface area contributed by atoms with E-state index < -0.39 is 0 Å². The first kappa shape index (κ1) is 22.3. The van der Waals surface area contributed by atoms with E-state index in [1.54, 1.807) is 48.7 Å². The molecule has 0 atom stereocenters. The molecular weight excluding hydrogens is 439 g/mol. The zero-order chi connectivity index (χ0) is 21.5. The van der Waals surface area contributed by atoms with Crippen LogP contribution < -0.4 is 10.1 Å². The fourth-order valence-corrected chi connectivity index (χ4v) is 3.63. The highest BCUT2D eigenvalue weighted by Crippen LogP contribution is 2.29. The van der Waals surface area contributed by atoms with Gasteiger partial charge >= 0.3 is 0 Å². The van der Waals surface area contributed by atoms with E-state index in [0.29, 0.717) is 44.6 Å². The van der Waals surface area contributed by atoms with E-state index in [1.165, 1.54) is 11.3 Å². The van der Waals surface area contributed by atoms with Crippen molar-refractivity contribution in [3.05, 3.63) is 75.1 Å². The van der Waals surface area contributed by atoms with E-state index in [4.69, 9.17) is 27.9 Å². The second-order valence-electron chi connectivity index (χ2n) is 7.07. The van der Waals surface area contributed by atoms with E-state index in [-0.39, 0.29) is 5.91 Å². The molecule has 3 rings (SSSR count). The van der Waals surface area contributed by atoms with Crippen molar-refractivity contribution in [2.75, 3.05) is 11.9 Å². The lowest BCUT2D eigenvalue weighted by atomic mass is 10.1. The van der Waals surface area contributed by atoms with E-state index in [0.717, 1.165) is 12.0 Å². The molecule has 0 aliphatic rings. The number of hydrogen-bond acceptors (Lipinski definition) is 4. The van der Waals surface area contributed by atoms with Crippen LogP contribution >= 0.6 is 34.5 Å². The van der Waals surface area contributed by atoms with Gasteiger partial charge in [-0.25, -0.2) is 4.99 Å². The first-order valence-corrected chi connectivity index (χ1v) is 11.2. The zero-order valence-electron chi connectivity index (χ0n) is 16.7. The molecule has 1 heterocycles. The third-order valence-electron chi connectivity index (χ3n) is 4.24. The Kier molecular flexibility index (Phi) is 7.91. The van der Waals surface area contributed by atoms with Crippen molar-refractivity contribution in [3.8, 4) is 5.75 Å². The van der Waals surface area contributed by atoms with Gasteiger partial charge in [-0.05, 0) is 66.2 Å². The molecule has 0 aliphatic carbocycles.